The molecular formula is C13H15BrClNO2. The van der Waals surface area contributed by atoms with Gasteiger partial charge in [0.05, 0.1) is 6.04 Å². The first-order valence-corrected chi connectivity index (χ1v) is 7.21. The van der Waals surface area contributed by atoms with Crippen LogP contribution >= 0.6 is 27.5 Å². The van der Waals surface area contributed by atoms with E-state index in [0.717, 1.165) is 5.56 Å². The van der Waals surface area contributed by atoms with Gasteiger partial charge < -0.3 is 10.0 Å². The number of carbonyl (C=O) groups excluding carboxylic acids is 1. The van der Waals surface area contributed by atoms with E-state index in [1.54, 1.807) is 0 Å². The number of aliphatic hydroxyl groups is 1. The molecule has 0 bridgehead atoms. The molecule has 1 heterocycles. The Labute approximate surface area is 120 Å². The van der Waals surface area contributed by atoms with E-state index in [0.29, 0.717) is 24.4 Å². The summed E-state index contributed by atoms with van der Waals surface area (Å²) in [6.45, 7) is 0.746. The highest BCUT2D eigenvalue weighted by atomic mass is 79.9. The van der Waals surface area contributed by atoms with E-state index in [4.69, 9.17) is 11.6 Å². The smallest absolute Gasteiger partial charge is 0.224 e. The van der Waals surface area contributed by atoms with Crippen LogP contribution in [0.5, 0.6) is 0 Å². The third-order valence-corrected chi connectivity index (χ3v) is 4.01. The maximum Gasteiger partial charge on any atom is 0.224 e. The normalized spacial score (nSPS) is 21.4. The average molecular weight is 333 g/mol. The molecule has 1 N–H and O–H groups in total. The van der Waals surface area contributed by atoms with Crippen molar-refractivity contribution in [2.45, 2.75) is 23.7 Å². The van der Waals surface area contributed by atoms with Crippen LogP contribution in [-0.2, 0) is 4.79 Å². The molecule has 1 aliphatic rings. The van der Waals surface area contributed by atoms with Crippen molar-refractivity contribution >= 4 is 33.4 Å². The third kappa shape index (κ3) is 3.05. The monoisotopic (exact) mass is 331 g/mol. The summed E-state index contributed by atoms with van der Waals surface area (Å²) >= 11 is 9.34. The fraction of sp³-hybridized carbons (Fsp3) is 0.462. The first-order valence-electron chi connectivity index (χ1n) is 5.91. The van der Waals surface area contributed by atoms with Gasteiger partial charge in [-0.2, -0.15) is 0 Å². The topological polar surface area (TPSA) is 40.5 Å². The summed E-state index contributed by atoms with van der Waals surface area (Å²) in [4.78, 5) is 14.0. The van der Waals surface area contributed by atoms with Crippen LogP contribution in [0.3, 0.4) is 0 Å². The van der Waals surface area contributed by atoms with E-state index in [9.17, 15) is 9.90 Å². The summed E-state index contributed by atoms with van der Waals surface area (Å²) < 4.78 is 0. The number of nitrogens with zero attached hydrogens (tertiary/aromatic N) is 1. The molecule has 2 unspecified atom stereocenters. The summed E-state index contributed by atoms with van der Waals surface area (Å²) in [5.41, 5.74) is 1.02. The van der Waals surface area contributed by atoms with Gasteiger partial charge in [0.1, 0.15) is 0 Å². The Morgan fingerprint density at radius 3 is 2.61 bits per heavy atom. The van der Waals surface area contributed by atoms with Gasteiger partial charge in [0.25, 0.3) is 0 Å². The summed E-state index contributed by atoms with van der Waals surface area (Å²) in [7, 11) is 0. The lowest BCUT2D eigenvalue weighted by Crippen LogP contribution is -2.31. The van der Waals surface area contributed by atoms with E-state index >= 15 is 0 Å². The molecule has 0 aromatic heterocycles. The van der Waals surface area contributed by atoms with Crippen LogP contribution in [0.2, 0.25) is 5.02 Å². The van der Waals surface area contributed by atoms with Crippen LogP contribution in [0.25, 0.3) is 0 Å². The summed E-state index contributed by atoms with van der Waals surface area (Å²) in [6.07, 6.45) is 1.07. The van der Waals surface area contributed by atoms with Crippen molar-refractivity contribution in [1.29, 1.82) is 0 Å². The molecule has 1 amide bonds. The molecule has 2 atom stereocenters. The van der Waals surface area contributed by atoms with E-state index in [2.05, 4.69) is 15.9 Å². The molecule has 18 heavy (non-hydrogen) atoms. The van der Waals surface area contributed by atoms with E-state index in [1.807, 2.05) is 29.2 Å². The number of carbonyl (C=O) groups is 1. The Kier molecular flexibility index (Phi) is 4.65. The Morgan fingerprint density at radius 1 is 1.44 bits per heavy atom. The molecule has 3 nitrogen and oxygen atoms in total. The summed E-state index contributed by atoms with van der Waals surface area (Å²) in [5.74, 6) is 0.130. The zero-order valence-corrected chi connectivity index (χ0v) is 12.2. The van der Waals surface area contributed by atoms with Gasteiger partial charge >= 0.3 is 0 Å². The number of aliphatic hydroxyl groups excluding tert-OH is 1. The van der Waals surface area contributed by atoms with Gasteiger partial charge in [0.2, 0.25) is 5.91 Å². The lowest BCUT2D eigenvalue weighted by molar-refractivity contribution is -0.130. The van der Waals surface area contributed by atoms with Gasteiger partial charge in [-0.25, -0.2) is 0 Å². The largest absolute Gasteiger partial charge is 0.396 e. The Bertz CT molecular complexity index is 424. The van der Waals surface area contributed by atoms with E-state index in [1.165, 1.54) is 0 Å². The van der Waals surface area contributed by atoms with Crippen LogP contribution in [-0.4, -0.2) is 33.9 Å². The molecular weight excluding hydrogens is 318 g/mol. The minimum atomic E-state index is -0.0673. The molecule has 1 saturated heterocycles. The third-order valence-electron chi connectivity index (χ3n) is 3.14. The highest BCUT2D eigenvalue weighted by Gasteiger charge is 2.33. The van der Waals surface area contributed by atoms with Crippen LogP contribution < -0.4 is 0 Å². The molecule has 1 aliphatic heterocycles. The highest BCUT2D eigenvalue weighted by Crippen LogP contribution is 2.31. The Balaban J connectivity index is 2.22. The average Bonchev–Trinajstić information content (AvgIpc) is 2.67. The zero-order valence-electron chi connectivity index (χ0n) is 9.85. The van der Waals surface area contributed by atoms with E-state index < -0.39 is 0 Å². The predicted molar refractivity (Wildman–Crippen MR) is 74.9 cm³/mol. The maximum atomic E-state index is 11.9. The summed E-state index contributed by atoms with van der Waals surface area (Å²) in [5, 5.41) is 9.86. The molecule has 0 radical (unpaired) electrons. The van der Waals surface area contributed by atoms with Crippen LogP contribution in [0, 0.1) is 0 Å². The van der Waals surface area contributed by atoms with Crippen molar-refractivity contribution in [1.82, 2.24) is 4.90 Å². The van der Waals surface area contributed by atoms with Crippen LogP contribution in [0.4, 0.5) is 0 Å². The van der Waals surface area contributed by atoms with Gasteiger partial charge in [-0.1, -0.05) is 39.7 Å². The second-order valence-corrected chi connectivity index (χ2v) is 6.16. The minimum Gasteiger partial charge on any atom is -0.396 e. The summed E-state index contributed by atoms with van der Waals surface area (Å²) in [6, 6.07) is 7.39. The second-order valence-electron chi connectivity index (χ2n) is 4.43. The number of benzene rings is 1. The standard InChI is InChI=1S/C13H15BrClNO2/c14-10-7-13(18)16(8-10)12(5-6-17)9-1-3-11(15)4-2-9/h1-4,10,12,17H,5-8H2. The Morgan fingerprint density at radius 2 is 2.11 bits per heavy atom. The first-order chi connectivity index (χ1) is 8.61. The molecule has 2 rings (SSSR count). The lowest BCUT2D eigenvalue weighted by Gasteiger charge is -2.28. The van der Waals surface area contributed by atoms with Gasteiger partial charge in [0, 0.05) is 29.4 Å². The number of alkyl halides is 1. The lowest BCUT2D eigenvalue weighted by atomic mass is 10.0. The van der Waals surface area contributed by atoms with Crippen molar-refractivity contribution < 1.29 is 9.90 Å². The molecule has 5 heteroatoms. The fourth-order valence-corrected chi connectivity index (χ4v) is 3.01. The van der Waals surface area contributed by atoms with E-state index in [-0.39, 0.29) is 23.4 Å². The molecule has 1 aromatic carbocycles. The van der Waals surface area contributed by atoms with Crippen molar-refractivity contribution in [3.05, 3.63) is 34.9 Å². The zero-order chi connectivity index (χ0) is 13.1. The molecule has 0 saturated carbocycles. The maximum absolute atomic E-state index is 11.9. The van der Waals surface area contributed by atoms with Crippen molar-refractivity contribution in [2.24, 2.45) is 0 Å². The number of rotatable bonds is 4. The van der Waals surface area contributed by atoms with Gasteiger partial charge in [-0.05, 0) is 24.1 Å². The number of likely N-dealkylation sites (tertiary alicyclic amines) is 1. The van der Waals surface area contributed by atoms with Gasteiger partial charge in [-0.3, -0.25) is 4.79 Å². The fourth-order valence-electron chi connectivity index (χ4n) is 2.30. The molecule has 0 spiro atoms. The number of halogens is 2. The predicted octanol–water partition coefficient (Wildman–Crippen LogP) is 2.76. The van der Waals surface area contributed by atoms with Crippen molar-refractivity contribution in [2.75, 3.05) is 13.2 Å². The van der Waals surface area contributed by atoms with Gasteiger partial charge in [0.15, 0.2) is 0 Å². The highest BCUT2D eigenvalue weighted by molar-refractivity contribution is 9.09. The van der Waals surface area contributed by atoms with Crippen LogP contribution in [0.15, 0.2) is 24.3 Å². The van der Waals surface area contributed by atoms with Crippen molar-refractivity contribution in [3.8, 4) is 0 Å². The molecule has 0 aliphatic carbocycles. The molecule has 98 valence electrons. The number of hydrogen-bond donors (Lipinski definition) is 1. The minimum absolute atomic E-state index is 0.0595. The second kappa shape index (κ2) is 6.04. The van der Waals surface area contributed by atoms with Crippen molar-refractivity contribution in [3.63, 3.8) is 0 Å². The van der Waals surface area contributed by atoms with Crippen LogP contribution in [0.1, 0.15) is 24.4 Å². The molecule has 1 fully saturated rings. The quantitative estimate of drug-likeness (QED) is 0.861. The van der Waals surface area contributed by atoms with Gasteiger partial charge in [-0.15, -0.1) is 0 Å². The first kappa shape index (κ1) is 13.8. The number of amides is 1. The Hall–Kier alpha value is -0.580. The SMILES string of the molecule is O=C1CC(Br)CN1C(CCO)c1ccc(Cl)cc1. The molecule has 1 aromatic rings. The number of hydrogen-bond acceptors (Lipinski definition) is 2.